The Balaban J connectivity index is 1.74. The lowest BCUT2D eigenvalue weighted by Crippen LogP contribution is -2.49. The maximum absolute atomic E-state index is 12.7. The van der Waals surface area contributed by atoms with Gasteiger partial charge in [0.1, 0.15) is 6.04 Å². The summed E-state index contributed by atoms with van der Waals surface area (Å²) in [4.78, 5) is 16.9. The molecule has 0 N–H and O–H groups in total. The number of anilines is 1. The number of carbonyl (C=O) groups excluding carboxylic acids is 1. The molecule has 2 saturated heterocycles. The van der Waals surface area contributed by atoms with E-state index in [0.29, 0.717) is 13.2 Å². The molecule has 0 radical (unpaired) electrons. The van der Waals surface area contributed by atoms with Gasteiger partial charge in [0.25, 0.3) is 0 Å². The van der Waals surface area contributed by atoms with Crippen molar-refractivity contribution in [3.63, 3.8) is 0 Å². The third kappa shape index (κ3) is 2.83. The number of rotatable bonds is 2. The molecule has 1 aromatic carbocycles. The normalized spacial score (nSPS) is 23.1. The molecule has 0 unspecified atom stereocenters. The number of amides is 1. The minimum atomic E-state index is -0.00530. The van der Waals surface area contributed by atoms with Gasteiger partial charge in [0, 0.05) is 29.8 Å². The summed E-state index contributed by atoms with van der Waals surface area (Å²) in [6.07, 6.45) is 2.03. The van der Waals surface area contributed by atoms with E-state index in [1.165, 1.54) is 0 Å². The second kappa shape index (κ2) is 6.14. The zero-order valence-corrected chi connectivity index (χ0v) is 13.0. The Bertz CT molecular complexity index is 471. The Morgan fingerprint density at radius 2 is 1.85 bits per heavy atom. The minimum absolute atomic E-state index is 0.00530. The molecule has 1 atom stereocenters. The summed E-state index contributed by atoms with van der Waals surface area (Å²) in [5.74, 6) is 0.258. The molecule has 0 saturated carbocycles. The molecule has 2 fully saturated rings. The number of morpholine rings is 1. The number of hydrogen-bond acceptors (Lipinski definition) is 3. The molecule has 1 aromatic rings. The van der Waals surface area contributed by atoms with Crippen LogP contribution in [0.2, 0.25) is 0 Å². The number of benzene rings is 1. The van der Waals surface area contributed by atoms with Crippen LogP contribution in [-0.2, 0) is 9.53 Å². The van der Waals surface area contributed by atoms with Gasteiger partial charge in [-0.15, -0.1) is 0 Å². The Morgan fingerprint density at radius 1 is 1.15 bits per heavy atom. The zero-order valence-electron chi connectivity index (χ0n) is 11.4. The van der Waals surface area contributed by atoms with Crippen molar-refractivity contribution in [2.45, 2.75) is 18.9 Å². The summed E-state index contributed by atoms with van der Waals surface area (Å²) in [5, 5.41) is 0. The summed E-state index contributed by atoms with van der Waals surface area (Å²) >= 11 is 3.45. The monoisotopic (exact) mass is 338 g/mol. The lowest BCUT2D eigenvalue weighted by Gasteiger charge is -2.33. The van der Waals surface area contributed by atoms with Crippen molar-refractivity contribution in [2.75, 3.05) is 37.7 Å². The van der Waals surface area contributed by atoms with E-state index in [2.05, 4.69) is 33.0 Å². The first-order valence-electron chi connectivity index (χ1n) is 7.14. The summed E-state index contributed by atoms with van der Waals surface area (Å²) in [6, 6.07) is 8.21. The fourth-order valence-corrected chi connectivity index (χ4v) is 3.22. The predicted molar refractivity (Wildman–Crippen MR) is 81.9 cm³/mol. The van der Waals surface area contributed by atoms with Crippen molar-refractivity contribution in [1.29, 1.82) is 0 Å². The molecule has 2 aliphatic rings. The van der Waals surface area contributed by atoms with E-state index in [0.717, 1.165) is 42.6 Å². The molecule has 5 heteroatoms. The molecule has 1 amide bonds. The van der Waals surface area contributed by atoms with Crippen LogP contribution >= 0.6 is 15.9 Å². The Hall–Kier alpha value is -1.07. The first-order chi connectivity index (χ1) is 9.75. The van der Waals surface area contributed by atoms with Crippen LogP contribution in [0.4, 0.5) is 5.69 Å². The first-order valence-corrected chi connectivity index (χ1v) is 7.94. The molecule has 0 bridgehead atoms. The summed E-state index contributed by atoms with van der Waals surface area (Å²) in [7, 11) is 0. The van der Waals surface area contributed by atoms with Crippen molar-refractivity contribution < 1.29 is 9.53 Å². The average Bonchev–Trinajstić information content (AvgIpc) is 2.97. The summed E-state index contributed by atoms with van der Waals surface area (Å²) in [5.41, 5.74) is 1.14. The van der Waals surface area contributed by atoms with Gasteiger partial charge >= 0.3 is 0 Å². The van der Waals surface area contributed by atoms with Crippen molar-refractivity contribution >= 4 is 27.5 Å². The van der Waals surface area contributed by atoms with Crippen molar-refractivity contribution in [2.24, 2.45) is 0 Å². The van der Waals surface area contributed by atoms with Gasteiger partial charge in [-0.2, -0.15) is 0 Å². The van der Waals surface area contributed by atoms with E-state index < -0.39 is 0 Å². The van der Waals surface area contributed by atoms with E-state index in [-0.39, 0.29) is 11.9 Å². The Kier molecular flexibility index (Phi) is 4.27. The summed E-state index contributed by atoms with van der Waals surface area (Å²) < 4.78 is 6.39. The van der Waals surface area contributed by atoms with Gasteiger partial charge in [-0.3, -0.25) is 4.79 Å². The number of hydrogen-bond donors (Lipinski definition) is 0. The highest BCUT2D eigenvalue weighted by Crippen LogP contribution is 2.28. The van der Waals surface area contributed by atoms with Crippen LogP contribution in [0.1, 0.15) is 12.8 Å². The van der Waals surface area contributed by atoms with Crippen LogP contribution < -0.4 is 4.90 Å². The standard InChI is InChI=1S/C15H19BrN2O2/c16-12-3-5-13(6-4-12)18-7-1-2-14(18)15(19)17-8-10-20-11-9-17/h3-6,14H,1-2,7-11H2/t14-/m0/s1. The number of nitrogens with zero attached hydrogens (tertiary/aromatic N) is 2. The lowest BCUT2D eigenvalue weighted by molar-refractivity contribution is -0.136. The largest absolute Gasteiger partial charge is 0.378 e. The molecular formula is C15H19BrN2O2. The van der Waals surface area contributed by atoms with E-state index in [4.69, 9.17) is 4.74 Å². The fraction of sp³-hybridized carbons (Fsp3) is 0.533. The second-order valence-corrected chi connectivity index (χ2v) is 6.18. The van der Waals surface area contributed by atoms with Crippen LogP contribution in [0, 0.1) is 0 Å². The van der Waals surface area contributed by atoms with Crippen molar-refractivity contribution in [1.82, 2.24) is 4.90 Å². The molecule has 4 nitrogen and oxygen atoms in total. The van der Waals surface area contributed by atoms with Crippen LogP contribution in [0.5, 0.6) is 0 Å². The average molecular weight is 339 g/mol. The van der Waals surface area contributed by atoms with Gasteiger partial charge < -0.3 is 14.5 Å². The maximum Gasteiger partial charge on any atom is 0.245 e. The third-order valence-corrected chi connectivity index (χ3v) is 4.55. The topological polar surface area (TPSA) is 32.8 Å². The fourth-order valence-electron chi connectivity index (χ4n) is 2.96. The molecule has 20 heavy (non-hydrogen) atoms. The molecule has 3 rings (SSSR count). The predicted octanol–water partition coefficient (Wildman–Crippen LogP) is 2.28. The number of halogens is 1. The molecule has 0 spiro atoms. The minimum Gasteiger partial charge on any atom is -0.378 e. The van der Waals surface area contributed by atoms with Gasteiger partial charge in [-0.25, -0.2) is 0 Å². The molecule has 0 aromatic heterocycles. The highest BCUT2D eigenvalue weighted by molar-refractivity contribution is 9.10. The van der Waals surface area contributed by atoms with Gasteiger partial charge in [0.2, 0.25) is 5.91 Å². The van der Waals surface area contributed by atoms with Crippen molar-refractivity contribution in [3.05, 3.63) is 28.7 Å². The Morgan fingerprint density at radius 3 is 2.55 bits per heavy atom. The van der Waals surface area contributed by atoms with Gasteiger partial charge in [0.15, 0.2) is 0 Å². The molecule has 108 valence electrons. The van der Waals surface area contributed by atoms with Crippen LogP contribution in [0.25, 0.3) is 0 Å². The van der Waals surface area contributed by atoms with Crippen LogP contribution in [0.3, 0.4) is 0 Å². The van der Waals surface area contributed by atoms with Gasteiger partial charge in [-0.1, -0.05) is 15.9 Å². The maximum atomic E-state index is 12.7. The quantitative estimate of drug-likeness (QED) is 0.829. The zero-order chi connectivity index (χ0) is 13.9. The van der Waals surface area contributed by atoms with E-state index in [1.807, 2.05) is 17.0 Å². The van der Waals surface area contributed by atoms with E-state index >= 15 is 0 Å². The highest BCUT2D eigenvalue weighted by Gasteiger charge is 2.34. The Labute approximate surface area is 127 Å². The van der Waals surface area contributed by atoms with E-state index in [1.54, 1.807) is 0 Å². The van der Waals surface area contributed by atoms with E-state index in [9.17, 15) is 4.79 Å². The van der Waals surface area contributed by atoms with Crippen LogP contribution in [0.15, 0.2) is 28.7 Å². The third-order valence-electron chi connectivity index (χ3n) is 4.02. The second-order valence-electron chi connectivity index (χ2n) is 5.27. The van der Waals surface area contributed by atoms with Crippen LogP contribution in [-0.4, -0.2) is 49.7 Å². The smallest absolute Gasteiger partial charge is 0.245 e. The molecule has 2 heterocycles. The molecule has 2 aliphatic heterocycles. The summed E-state index contributed by atoms with van der Waals surface area (Å²) in [6.45, 7) is 3.74. The van der Waals surface area contributed by atoms with Crippen molar-refractivity contribution in [3.8, 4) is 0 Å². The van der Waals surface area contributed by atoms with Gasteiger partial charge in [-0.05, 0) is 37.1 Å². The SMILES string of the molecule is O=C([C@@H]1CCCN1c1ccc(Br)cc1)N1CCOCC1. The number of carbonyl (C=O) groups is 1. The lowest BCUT2D eigenvalue weighted by atomic mass is 10.1. The number of ether oxygens (including phenoxy) is 1. The highest BCUT2D eigenvalue weighted by atomic mass is 79.9. The molecule has 0 aliphatic carbocycles. The van der Waals surface area contributed by atoms with Gasteiger partial charge in [0.05, 0.1) is 13.2 Å². The first kappa shape index (κ1) is 13.9. The molecular weight excluding hydrogens is 320 g/mol.